The molecular weight excluding hydrogens is 335 g/mol. The van der Waals surface area contributed by atoms with E-state index in [4.69, 9.17) is 23.2 Å². The highest BCUT2D eigenvalue weighted by Crippen LogP contribution is 2.56. The summed E-state index contributed by atoms with van der Waals surface area (Å²) >= 11 is 13.3. The Bertz CT molecular complexity index is 794. The number of alkyl halides is 1. The van der Waals surface area contributed by atoms with Crippen LogP contribution in [0.1, 0.15) is 25.0 Å². The van der Waals surface area contributed by atoms with Crippen LogP contribution in [0.25, 0.3) is 0 Å². The smallest absolute Gasteiger partial charge is 0.143 e. The van der Waals surface area contributed by atoms with Crippen LogP contribution in [-0.2, 0) is 10.3 Å². The van der Waals surface area contributed by atoms with E-state index in [2.05, 4.69) is 19.9 Å². The molecule has 7 heteroatoms. The number of aliphatic hydroxyl groups excluding tert-OH is 1. The average Bonchev–Trinajstić information content (AvgIpc) is 2.59. The molecule has 5 nitrogen and oxygen atoms in total. The highest BCUT2D eigenvalue weighted by molar-refractivity contribution is 6.35. The van der Waals surface area contributed by atoms with Gasteiger partial charge in [0.1, 0.15) is 23.3 Å². The molecule has 0 spiro atoms. The summed E-state index contributed by atoms with van der Waals surface area (Å²) in [5.74, 6) is -0.137. The first-order chi connectivity index (χ1) is 10.9. The lowest BCUT2D eigenvalue weighted by molar-refractivity contribution is 0.284. The summed E-state index contributed by atoms with van der Waals surface area (Å²) in [5, 5.41) is 11.0. The van der Waals surface area contributed by atoms with Gasteiger partial charge >= 0.3 is 0 Å². The third kappa shape index (κ3) is 2.23. The molecule has 23 heavy (non-hydrogen) atoms. The lowest BCUT2D eigenvalue weighted by Gasteiger charge is -2.45. The van der Waals surface area contributed by atoms with Gasteiger partial charge in [0.15, 0.2) is 0 Å². The lowest BCUT2D eigenvalue weighted by atomic mass is 9.65. The van der Waals surface area contributed by atoms with Crippen LogP contribution in [0.15, 0.2) is 59.9 Å². The van der Waals surface area contributed by atoms with E-state index in [0.29, 0.717) is 5.56 Å². The maximum absolute atomic E-state index is 10.8. The van der Waals surface area contributed by atoms with E-state index in [9.17, 15) is 5.11 Å². The Morgan fingerprint density at radius 1 is 0.957 bits per heavy atom. The molecule has 0 radical (unpaired) electrons. The molecule has 0 fully saturated rings. The first kappa shape index (κ1) is 15.9. The minimum atomic E-state index is -1.37. The number of nitrogens with zero attached hydrogens (tertiary/aromatic N) is 4. The van der Waals surface area contributed by atoms with Crippen molar-refractivity contribution in [3.63, 3.8) is 0 Å². The molecule has 1 aliphatic carbocycles. The van der Waals surface area contributed by atoms with Crippen molar-refractivity contribution in [1.29, 1.82) is 0 Å². The molecule has 0 amide bonds. The predicted molar refractivity (Wildman–Crippen MR) is 88.2 cm³/mol. The fourth-order valence-corrected chi connectivity index (χ4v) is 3.54. The van der Waals surface area contributed by atoms with E-state index in [0.717, 1.165) is 11.1 Å². The third-order valence-electron chi connectivity index (χ3n) is 4.22. The van der Waals surface area contributed by atoms with E-state index in [-0.39, 0.29) is 10.8 Å². The van der Waals surface area contributed by atoms with Crippen LogP contribution in [-0.4, -0.2) is 25.0 Å². The molecule has 2 atom stereocenters. The van der Waals surface area contributed by atoms with E-state index >= 15 is 0 Å². The van der Waals surface area contributed by atoms with Gasteiger partial charge in [0, 0.05) is 41.3 Å². The van der Waals surface area contributed by atoms with E-state index < -0.39 is 10.3 Å². The second-order valence-electron chi connectivity index (χ2n) is 5.61. The Balaban J connectivity index is 2.33. The van der Waals surface area contributed by atoms with Crippen LogP contribution < -0.4 is 0 Å². The molecule has 118 valence electrons. The molecule has 0 aliphatic heterocycles. The molecule has 0 aromatic carbocycles. The maximum atomic E-state index is 10.8. The monoisotopic (exact) mass is 348 g/mol. The van der Waals surface area contributed by atoms with Crippen LogP contribution in [0.3, 0.4) is 0 Å². The van der Waals surface area contributed by atoms with Crippen molar-refractivity contribution in [2.45, 2.75) is 24.1 Å². The molecule has 2 unspecified atom stereocenters. The van der Waals surface area contributed by atoms with Gasteiger partial charge in [-0.05, 0) is 19.4 Å². The van der Waals surface area contributed by atoms with Gasteiger partial charge in [-0.3, -0.25) is 0 Å². The lowest BCUT2D eigenvalue weighted by Crippen LogP contribution is -2.46. The summed E-state index contributed by atoms with van der Waals surface area (Å²) in [4.78, 5) is 14.8. The van der Waals surface area contributed by atoms with Gasteiger partial charge in [0.2, 0.25) is 0 Å². The number of allylic oxidation sites excluding steroid dienone is 4. The molecule has 0 bridgehead atoms. The van der Waals surface area contributed by atoms with Gasteiger partial charge in [-0.2, -0.15) is 0 Å². The molecule has 0 saturated heterocycles. The molecule has 0 saturated carbocycles. The van der Waals surface area contributed by atoms with E-state index in [1.54, 1.807) is 24.8 Å². The Hall–Kier alpha value is -1.98. The number of hydrogen-bond acceptors (Lipinski definition) is 5. The molecule has 1 N–H and O–H groups in total. The van der Waals surface area contributed by atoms with Gasteiger partial charge < -0.3 is 5.11 Å². The standard InChI is InChI=1S/C16H14Cl2N4O/c1-10-3-15(2,11-4-19-8-20-5-11)16(18,14(23)13(10)17)12-6-21-9-22-7-12/h3-9,23H,1-2H3. The van der Waals surface area contributed by atoms with Crippen molar-refractivity contribution in [1.82, 2.24) is 19.9 Å². The van der Waals surface area contributed by atoms with Crippen LogP contribution in [0.2, 0.25) is 0 Å². The van der Waals surface area contributed by atoms with Gasteiger partial charge in [-0.1, -0.05) is 17.7 Å². The zero-order valence-electron chi connectivity index (χ0n) is 12.5. The van der Waals surface area contributed by atoms with Crippen molar-refractivity contribution in [3.8, 4) is 0 Å². The van der Waals surface area contributed by atoms with Crippen molar-refractivity contribution in [2.24, 2.45) is 0 Å². The van der Waals surface area contributed by atoms with E-state index in [1.807, 2.05) is 19.9 Å². The Morgan fingerprint density at radius 2 is 1.43 bits per heavy atom. The third-order valence-corrected chi connectivity index (χ3v) is 5.49. The molecule has 1 aliphatic rings. The first-order valence-corrected chi connectivity index (χ1v) is 7.66. The van der Waals surface area contributed by atoms with Crippen molar-refractivity contribution < 1.29 is 5.11 Å². The minimum Gasteiger partial charge on any atom is -0.508 e. The maximum Gasteiger partial charge on any atom is 0.143 e. The van der Waals surface area contributed by atoms with Gasteiger partial charge in [-0.15, -0.1) is 11.6 Å². The zero-order valence-corrected chi connectivity index (χ0v) is 14.0. The predicted octanol–water partition coefficient (Wildman–Crippen LogP) is 3.63. The average molecular weight is 349 g/mol. The van der Waals surface area contributed by atoms with Crippen molar-refractivity contribution in [3.05, 3.63) is 71.0 Å². The zero-order chi connectivity index (χ0) is 16.7. The minimum absolute atomic E-state index is 0.137. The largest absolute Gasteiger partial charge is 0.508 e. The summed E-state index contributed by atoms with van der Waals surface area (Å²) in [7, 11) is 0. The Morgan fingerprint density at radius 3 is 1.96 bits per heavy atom. The summed E-state index contributed by atoms with van der Waals surface area (Å²) < 4.78 is 0. The number of aromatic nitrogens is 4. The first-order valence-electron chi connectivity index (χ1n) is 6.90. The van der Waals surface area contributed by atoms with Crippen molar-refractivity contribution in [2.75, 3.05) is 0 Å². The van der Waals surface area contributed by atoms with E-state index in [1.165, 1.54) is 12.7 Å². The highest BCUT2D eigenvalue weighted by Gasteiger charge is 2.55. The Labute approximate surface area is 143 Å². The fourth-order valence-electron chi connectivity index (χ4n) is 2.94. The molecule has 2 heterocycles. The summed E-state index contributed by atoms with van der Waals surface area (Å²) in [6, 6.07) is 0. The molecule has 2 aromatic heterocycles. The summed E-state index contributed by atoms with van der Waals surface area (Å²) in [5.41, 5.74) is 1.16. The van der Waals surface area contributed by atoms with Gasteiger partial charge in [0.05, 0.1) is 5.03 Å². The Kier molecular flexibility index (Phi) is 3.86. The normalized spacial score (nSPS) is 27.7. The summed E-state index contributed by atoms with van der Waals surface area (Å²) in [6.45, 7) is 3.72. The second kappa shape index (κ2) is 5.58. The number of halogens is 2. The second-order valence-corrected chi connectivity index (χ2v) is 6.55. The molecule has 3 rings (SSSR count). The number of aliphatic hydroxyl groups is 1. The van der Waals surface area contributed by atoms with Crippen LogP contribution in [0.5, 0.6) is 0 Å². The fraction of sp³-hybridized carbons (Fsp3) is 0.250. The van der Waals surface area contributed by atoms with Crippen LogP contribution in [0.4, 0.5) is 0 Å². The summed E-state index contributed by atoms with van der Waals surface area (Å²) in [6.07, 6.45) is 11.2. The number of hydrogen-bond donors (Lipinski definition) is 1. The van der Waals surface area contributed by atoms with Gasteiger partial charge in [-0.25, -0.2) is 19.9 Å². The topological polar surface area (TPSA) is 71.8 Å². The quantitative estimate of drug-likeness (QED) is 0.839. The molecular formula is C16H14Cl2N4O. The SMILES string of the molecule is CC1=CC(C)(c2cncnc2)C(Cl)(c2cncnc2)C(O)=C1Cl. The molecule has 2 aromatic rings. The van der Waals surface area contributed by atoms with Crippen molar-refractivity contribution >= 4 is 23.2 Å². The highest BCUT2D eigenvalue weighted by atomic mass is 35.5. The number of rotatable bonds is 2. The van der Waals surface area contributed by atoms with Gasteiger partial charge in [0.25, 0.3) is 0 Å². The van der Waals surface area contributed by atoms with Crippen LogP contribution >= 0.6 is 23.2 Å². The van der Waals surface area contributed by atoms with Crippen LogP contribution in [0, 0.1) is 0 Å².